The van der Waals surface area contributed by atoms with Gasteiger partial charge in [-0.25, -0.2) is 0 Å². The summed E-state index contributed by atoms with van der Waals surface area (Å²) in [4.78, 5) is 0. The van der Waals surface area contributed by atoms with E-state index >= 15 is 0 Å². The molecular formula is C11H22ClN2S2-. The summed E-state index contributed by atoms with van der Waals surface area (Å²) in [6.45, 7) is 0.706. The van der Waals surface area contributed by atoms with E-state index in [9.17, 15) is 0 Å². The number of halogens is 1. The van der Waals surface area contributed by atoms with Crippen LogP contribution in [0, 0.1) is 0 Å². The zero-order valence-electron chi connectivity index (χ0n) is 9.71. The molecule has 0 radical (unpaired) electrons. The molecular weight excluding hydrogens is 260 g/mol. The number of rotatable bonds is 3. The molecule has 16 heavy (non-hydrogen) atoms. The van der Waals surface area contributed by atoms with Gasteiger partial charge in [0.1, 0.15) is 4.32 Å². The molecule has 0 amide bonds. The predicted octanol–water partition coefficient (Wildman–Crippen LogP) is -0.330. The van der Waals surface area contributed by atoms with Gasteiger partial charge in [-0.3, -0.25) is 0 Å². The van der Waals surface area contributed by atoms with Gasteiger partial charge in [0, 0.05) is 18.3 Å². The molecule has 0 heterocycles. The molecule has 0 aromatic heterocycles. The minimum absolute atomic E-state index is 0. The summed E-state index contributed by atoms with van der Waals surface area (Å²) < 4.78 is 0.936. The zero-order valence-corrected chi connectivity index (χ0v) is 12.1. The second-order valence-corrected chi connectivity index (χ2v) is 5.88. The van der Waals surface area contributed by atoms with E-state index in [1.165, 1.54) is 44.9 Å². The summed E-state index contributed by atoms with van der Waals surface area (Å²) in [5, 5.41) is 3.46. The maximum absolute atomic E-state index is 5.45. The van der Waals surface area contributed by atoms with Crippen LogP contribution in [-0.4, -0.2) is 22.7 Å². The summed E-state index contributed by atoms with van der Waals surface area (Å²) in [6.07, 6.45) is 9.46. The molecule has 0 aromatic rings. The van der Waals surface area contributed by atoms with Crippen molar-refractivity contribution in [3.05, 3.63) is 0 Å². The summed E-state index contributed by atoms with van der Waals surface area (Å²) in [6, 6.07) is 0.614. The highest BCUT2D eigenvalue weighted by molar-refractivity contribution is 8.22. The first-order valence-electron chi connectivity index (χ1n) is 5.96. The lowest BCUT2D eigenvalue weighted by Crippen LogP contribution is -3.00. The minimum Gasteiger partial charge on any atom is -1.00 e. The molecule has 0 bridgehead atoms. The standard InChI is InChI=1S/C11H22N2S2.ClH/c12-8-9-15-11(14)13-10-6-4-2-1-3-5-7-10;/h10H,1-9,12H2,(H,13,14);1H/p-1. The van der Waals surface area contributed by atoms with E-state index in [2.05, 4.69) is 5.32 Å². The van der Waals surface area contributed by atoms with Crippen LogP contribution in [-0.2, 0) is 0 Å². The zero-order chi connectivity index (χ0) is 10.9. The molecule has 5 heteroatoms. The van der Waals surface area contributed by atoms with Gasteiger partial charge in [-0.15, -0.1) is 0 Å². The van der Waals surface area contributed by atoms with Gasteiger partial charge in [-0.05, 0) is 12.8 Å². The van der Waals surface area contributed by atoms with E-state index in [0.29, 0.717) is 12.6 Å². The van der Waals surface area contributed by atoms with Crippen molar-refractivity contribution < 1.29 is 12.4 Å². The molecule has 0 spiro atoms. The molecule has 2 nitrogen and oxygen atoms in total. The Balaban J connectivity index is 0.00000225. The van der Waals surface area contributed by atoms with E-state index in [1.807, 2.05) is 0 Å². The van der Waals surface area contributed by atoms with Gasteiger partial charge < -0.3 is 23.5 Å². The van der Waals surface area contributed by atoms with Crippen molar-refractivity contribution in [1.82, 2.24) is 5.32 Å². The Morgan fingerprint density at radius 3 is 2.31 bits per heavy atom. The van der Waals surface area contributed by atoms with E-state index in [0.717, 1.165) is 10.1 Å². The van der Waals surface area contributed by atoms with Gasteiger partial charge in [0.2, 0.25) is 0 Å². The Morgan fingerprint density at radius 2 is 1.75 bits per heavy atom. The fourth-order valence-corrected chi connectivity index (χ4v) is 2.93. The van der Waals surface area contributed by atoms with Crippen molar-refractivity contribution in [2.45, 2.75) is 51.0 Å². The lowest BCUT2D eigenvalue weighted by Gasteiger charge is -2.22. The Labute approximate surface area is 115 Å². The fraction of sp³-hybridized carbons (Fsp3) is 0.909. The minimum atomic E-state index is 0. The first-order chi connectivity index (χ1) is 7.33. The number of thiocarbonyl (C=S) groups is 1. The van der Waals surface area contributed by atoms with Gasteiger partial charge in [0.15, 0.2) is 0 Å². The van der Waals surface area contributed by atoms with Gasteiger partial charge in [0.25, 0.3) is 0 Å². The highest BCUT2D eigenvalue weighted by Gasteiger charge is 2.11. The number of hydrogen-bond acceptors (Lipinski definition) is 3. The van der Waals surface area contributed by atoms with Gasteiger partial charge in [-0.1, -0.05) is 56.1 Å². The summed E-state index contributed by atoms with van der Waals surface area (Å²) >= 11 is 6.95. The Morgan fingerprint density at radius 1 is 1.19 bits per heavy atom. The maximum atomic E-state index is 5.45. The van der Waals surface area contributed by atoms with Gasteiger partial charge in [0.05, 0.1) is 0 Å². The quantitative estimate of drug-likeness (QED) is 0.695. The molecule has 1 saturated carbocycles. The third kappa shape index (κ3) is 7.71. The fourth-order valence-electron chi connectivity index (χ4n) is 1.96. The van der Waals surface area contributed by atoms with Gasteiger partial charge in [-0.2, -0.15) is 0 Å². The number of thioether (sulfide) groups is 1. The van der Waals surface area contributed by atoms with Crippen LogP contribution >= 0.6 is 24.0 Å². The monoisotopic (exact) mass is 281 g/mol. The van der Waals surface area contributed by atoms with Crippen molar-refractivity contribution in [3.63, 3.8) is 0 Å². The van der Waals surface area contributed by atoms with Gasteiger partial charge >= 0.3 is 0 Å². The van der Waals surface area contributed by atoms with Crippen molar-refractivity contribution >= 4 is 28.3 Å². The second-order valence-electron chi connectivity index (χ2n) is 4.11. The normalized spacial score (nSPS) is 18.1. The van der Waals surface area contributed by atoms with Crippen LogP contribution in [0.3, 0.4) is 0 Å². The van der Waals surface area contributed by atoms with Crippen LogP contribution in [0.1, 0.15) is 44.9 Å². The smallest absolute Gasteiger partial charge is 0.134 e. The molecule has 0 aromatic carbocycles. The topological polar surface area (TPSA) is 38.0 Å². The van der Waals surface area contributed by atoms with Crippen LogP contribution in [0.25, 0.3) is 0 Å². The highest BCUT2D eigenvalue weighted by atomic mass is 35.5. The molecule has 0 saturated heterocycles. The highest BCUT2D eigenvalue weighted by Crippen LogP contribution is 2.17. The molecule has 3 N–H and O–H groups in total. The van der Waals surface area contributed by atoms with Crippen LogP contribution in [0.2, 0.25) is 0 Å². The molecule has 1 fully saturated rings. The van der Waals surface area contributed by atoms with Crippen LogP contribution < -0.4 is 23.5 Å². The molecule has 0 unspecified atom stereocenters. The van der Waals surface area contributed by atoms with E-state index in [4.69, 9.17) is 18.0 Å². The average Bonchev–Trinajstić information content (AvgIpc) is 2.19. The SMILES string of the molecule is NCCSC(=S)NC1CCCCCCC1.[Cl-]. The van der Waals surface area contributed by atoms with E-state index in [-0.39, 0.29) is 12.4 Å². The maximum Gasteiger partial charge on any atom is 0.134 e. The third-order valence-electron chi connectivity index (χ3n) is 2.78. The first-order valence-corrected chi connectivity index (χ1v) is 7.35. The number of nitrogens with one attached hydrogen (secondary N) is 1. The lowest BCUT2D eigenvalue weighted by molar-refractivity contribution is -0.00000321. The summed E-state index contributed by atoms with van der Waals surface area (Å²) in [5.74, 6) is 0.929. The molecule has 1 aliphatic carbocycles. The molecule has 0 aliphatic heterocycles. The first kappa shape index (κ1) is 16.5. The number of nitrogens with two attached hydrogens (primary N) is 1. The number of hydrogen-bond donors (Lipinski definition) is 2. The largest absolute Gasteiger partial charge is 1.00 e. The van der Waals surface area contributed by atoms with Crippen LogP contribution in [0.15, 0.2) is 0 Å². The van der Waals surface area contributed by atoms with E-state index in [1.54, 1.807) is 11.8 Å². The predicted molar refractivity (Wildman–Crippen MR) is 73.4 cm³/mol. The lowest BCUT2D eigenvalue weighted by atomic mass is 9.97. The molecule has 1 aliphatic rings. The van der Waals surface area contributed by atoms with Crippen molar-refractivity contribution in [3.8, 4) is 0 Å². The third-order valence-corrected chi connectivity index (χ3v) is 4.07. The molecule has 0 atom stereocenters. The Hall–Kier alpha value is 0.490. The average molecular weight is 282 g/mol. The van der Waals surface area contributed by atoms with E-state index < -0.39 is 0 Å². The van der Waals surface area contributed by atoms with Crippen molar-refractivity contribution in [2.24, 2.45) is 5.73 Å². The Bertz CT molecular complexity index is 183. The second kappa shape index (κ2) is 10.6. The summed E-state index contributed by atoms with van der Waals surface area (Å²) in [5.41, 5.74) is 5.45. The summed E-state index contributed by atoms with van der Waals surface area (Å²) in [7, 11) is 0. The van der Waals surface area contributed by atoms with Crippen LogP contribution in [0.5, 0.6) is 0 Å². The van der Waals surface area contributed by atoms with Crippen molar-refractivity contribution in [1.29, 1.82) is 0 Å². The Kier molecular flexibility index (Phi) is 11.0. The molecule has 96 valence electrons. The molecule has 1 rings (SSSR count). The van der Waals surface area contributed by atoms with Crippen LogP contribution in [0.4, 0.5) is 0 Å². The van der Waals surface area contributed by atoms with Crippen molar-refractivity contribution in [2.75, 3.05) is 12.3 Å².